The number of ether oxygens (including phenoxy) is 1. The second kappa shape index (κ2) is 6.87. The molecule has 0 saturated heterocycles. The number of halogens is 2. The van der Waals surface area contributed by atoms with Gasteiger partial charge in [0.05, 0.1) is 6.61 Å². The SMILES string of the molecule is CC(CCOC(=O)C(F)(F)S(=O)(=O)O)C1CC2C=CC(=O)C(C2)C1. The van der Waals surface area contributed by atoms with E-state index in [0.717, 1.165) is 19.3 Å². The maximum Gasteiger partial charge on any atom is 0.465 e. The zero-order valence-electron chi connectivity index (χ0n) is 13.2. The van der Waals surface area contributed by atoms with E-state index in [4.69, 9.17) is 4.55 Å². The van der Waals surface area contributed by atoms with Gasteiger partial charge in [0.15, 0.2) is 5.78 Å². The molecule has 4 unspecified atom stereocenters. The average Bonchev–Trinajstić information content (AvgIpc) is 2.49. The highest BCUT2D eigenvalue weighted by molar-refractivity contribution is 7.87. The Bertz CT molecular complexity index is 642. The molecule has 136 valence electrons. The lowest BCUT2D eigenvalue weighted by molar-refractivity contribution is -0.161. The Balaban J connectivity index is 1.84. The van der Waals surface area contributed by atoms with Crippen molar-refractivity contribution in [3.8, 4) is 0 Å². The summed E-state index contributed by atoms with van der Waals surface area (Å²) in [7, 11) is -5.84. The number of hydrogen-bond acceptors (Lipinski definition) is 5. The summed E-state index contributed by atoms with van der Waals surface area (Å²) in [5, 5.41) is -4.96. The van der Waals surface area contributed by atoms with Crippen LogP contribution in [0.3, 0.4) is 0 Å². The number of esters is 1. The molecule has 4 atom stereocenters. The first-order chi connectivity index (χ1) is 11.0. The van der Waals surface area contributed by atoms with Crippen LogP contribution in [0.15, 0.2) is 12.2 Å². The fraction of sp³-hybridized carbons (Fsp3) is 0.733. The van der Waals surface area contributed by atoms with Crippen LogP contribution < -0.4 is 0 Å². The van der Waals surface area contributed by atoms with Crippen molar-refractivity contribution in [3.63, 3.8) is 0 Å². The molecule has 0 radical (unpaired) electrons. The fourth-order valence-corrected chi connectivity index (χ4v) is 3.66. The summed E-state index contributed by atoms with van der Waals surface area (Å²) >= 11 is 0. The van der Waals surface area contributed by atoms with E-state index in [-0.39, 0.29) is 36.6 Å². The summed E-state index contributed by atoms with van der Waals surface area (Å²) in [5.41, 5.74) is 0. The van der Waals surface area contributed by atoms with Gasteiger partial charge >= 0.3 is 21.3 Å². The topological polar surface area (TPSA) is 97.7 Å². The quantitative estimate of drug-likeness (QED) is 0.572. The molecule has 1 saturated carbocycles. The third kappa shape index (κ3) is 4.00. The van der Waals surface area contributed by atoms with Gasteiger partial charge in [0.1, 0.15) is 0 Å². The summed E-state index contributed by atoms with van der Waals surface area (Å²) in [6, 6.07) is 0. The normalized spacial score (nSPS) is 28.5. The van der Waals surface area contributed by atoms with Crippen LogP contribution in [0.1, 0.15) is 32.6 Å². The predicted molar refractivity (Wildman–Crippen MR) is 79.7 cm³/mol. The van der Waals surface area contributed by atoms with Crippen LogP contribution in [0, 0.1) is 23.7 Å². The van der Waals surface area contributed by atoms with E-state index in [1.54, 1.807) is 6.08 Å². The first-order valence-electron chi connectivity index (χ1n) is 7.76. The standard InChI is InChI=1S/C15H20F2O6S/c1-9(4-5-23-14(19)15(16,17)24(20,21)22)11-6-10-2-3-13(18)12(7-10)8-11/h2-3,9-12H,4-8H2,1H3,(H,20,21,22). The number of carbonyl (C=O) groups excluding carboxylic acids is 2. The molecule has 6 nitrogen and oxygen atoms in total. The molecule has 24 heavy (non-hydrogen) atoms. The molecule has 0 aliphatic heterocycles. The predicted octanol–water partition coefficient (Wildman–Crippen LogP) is 2.21. The number of ketones is 1. The maximum absolute atomic E-state index is 13.0. The van der Waals surface area contributed by atoms with E-state index in [1.165, 1.54) is 0 Å². The molecule has 0 aromatic rings. The summed E-state index contributed by atoms with van der Waals surface area (Å²) < 4.78 is 59.6. The van der Waals surface area contributed by atoms with Crippen LogP contribution in [0.5, 0.6) is 0 Å². The highest BCUT2D eigenvalue weighted by atomic mass is 32.2. The molecule has 2 aliphatic carbocycles. The Hall–Kier alpha value is -1.35. The Morgan fingerprint density at radius 1 is 1.42 bits per heavy atom. The monoisotopic (exact) mass is 366 g/mol. The van der Waals surface area contributed by atoms with Crippen LogP contribution >= 0.6 is 0 Å². The van der Waals surface area contributed by atoms with Gasteiger partial charge in [0.25, 0.3) is 0 Å². The molecule has 2 aliphatic rings. The molecule has 0 spiro atoms. The van der Waals surface area contributed by atoms with Gasteiger partial charge in [-0.3, -0.25) is 9.35 Å². The summed E-state index contributed by atoms with van der Waals surface area (Å²) in [6.07, 6.45) is 6.25. The van der Waals surface area contributed by atoms with Crippen molar-refractivity contribution in [1.82, 2.24) is 0 Å². The average molecular weight is 366 g/mol. The van der Waals surface area contributed by atoms with Crippen molar-refractivity contribution in [3.05, 3.63) is 12.2 Å². The molecule has 2 bridgehead atoms. The number of carbonyl (C=O) groups is 2. The van der Waals surface area contributed by atoms with Crippen molar-refractivity contribution in [2.24, 2.45) is 23.7 Å². The molecule has 0 amide bonds. The van der Waals surface area contributed by atoms with Crippen LogP contribution in [-0.4, -0.2) is 36.6 Å². The number of alkyl halides is 2. The third-order valence-electron chi connectivity index (χ3n) is 4.89. The highest BCUT2D eigenvalue weighted by Crippen LogP contribution is 2.41. The van der Waals surface area contributed by atoms with Gasteiger partial charge in [0, 0.05) is 5.92 Å². The number of rotatable bonds is 6. The number of fused-ring (bicyclic) bond motifs is 2. The zero-order chi connectivity index (χ0) is 18.1. The van der Waals surface area contributed by atoms with Gasteiger partial charge in [-0.1, -0.05) is 13.0 Å². The van der Waals surface area contributed by atoms with Crippen LogP contribution in [0.4, 0.5) is 8.78 Å². The fourth-order valence-electron chi connectivity index (χ4n) is 3.39. The molecular formula is C15H20F2O6S. The van der Waals surface area contributed by atoms with E-state index in [0.29, 0.717) is 5.92 Å². The molecule has 1 N–H and O–H groups in total. The van der Waals surface area contributed by atoms with Crippen molar-refractivity contribution < 1.29 is 36.1 Å². The Kier molecular flexibility index (Phi) is 5.44. The molecule has 0 heterocycles. The Morgan fingerprint density at radius 2 is 2.08 bits per heavy atom. The number of hydrogen-bond donors (Lipinski definition) is 1. The lowest BCUT2D eigenvalue weighted by atomic mass is 9.67. The minimum Gasteiger partial charge on any atom is -0.460 e. The van der Waals surface area contributed by atoms with Crippen LogP contribution in [0.2, 0.25) is 0 Å². The van der Waals surface area contributed by atoms with Crippen molar-refractivity contribution in [2.45, 2.75) is 37.9 Å². The Labute approximate surface area is 139 Å². The molecule has 0 aromatic carbocycles. The lowest BCUT2D eigenvalue weighted by Gasteiger charge is -2.38. The lowest BCUT2D eigenvalue weighted by Crippen LogP contribution is -2.39. The molecule has 0 aromatic heterocycles. The van der Waals surface area contributed by atoms with Gasteiger partial charge in [-0.25, -0.2) is 4.79 Å². The maximum atomic E-state index is 13.0. The summed E-state index contributed by atoms with van der Waals surface area (Å²) in [4.78, 5) is 22.9. The first-order valence-corrected chi connectivity index (χ1v) is 9.20. The Morgan fingerprint density at radius 3 is 2.71 bits per heavy atom. The van der Waals surface area contributed by atoms with Gasteiger partial charge in [-0.15, -0.1) is 0 Å². The smallest absolute Gasteiger partial charge is 0.460 e. The third-order valence-corrected chi connectivity index (χ3v) is 5.70. The van der Waals surface area contributed by atoms with E-state index in [1.807, 2.05) is 13.0 Å². The second-order valence-corrected chi connectivity index (χ2v) is 8.04. The molecule has 2 rings (SSSR count). The van der Waals surface area contributed by atoms with Crippen molar-refractivity contribution >= 4 is 21.9 Å². The van der Waals surface area contributed by atoms with E-state index < -0.39 is 21.3 Å². The molecule has 1 fully saturated rings. The van der Waals surface area contributed by atoms with Crippen molar-refractivity contribution in [1.29, 1.82) is 0 Å². The van der Waals surface area contributed by atoms with E-state index in [2.05, 4.69) is 4.74 Å². The number of allylic oxidation sites excluding steroid dienone is 2. The van der Waals surface area contributed by atoms with Gasteiger partial charge in [-0.2, -0.15) is 17.2 Å². The van der Waals surface area contributed by atoms with E-state index >= 15 is 0 Å². The van der Waals surface area contributed by atoms with Crippen LogP contribution in [-0.2, 0) is 24.4 Å². The minimum atomic E-state index is -5.84. The largest absolute Gasteiger partial charge is 0.465 e. The van der Waals surface area contributed by atoms with Gasteiger partial charge in [0.2, 0.25) is 0 Å². The van der Waals surface area contributed by atoms with Gasteiger partial charge in [-0.05, 0) is 49.5 Å². The van der Waals surface area contributed by atoms with Gasteiger partial charge < -0.3 is 4.74 Å². The molecule has 9 heteroatoms. The van der Waals surface area contributed by atoms with Crippen molar-refractivity contribution in [2.75, 3.05) is 6.61 Å². The second-order valence-electron chi connectivity index (χ2n) is 6.58. The molecular weight excluding hydrogens is 346 g/mol. The summed E-state index contributed by atoms with van der Waals surface area (Å²) in [6.45, 7) is 1.51. The van der Waals surface area contributed by atoms with Crippen LogP contribution in [0.25, 0.3) is 0 Å². The first kappa shape index (κ1) is 19.0. The zero-order valence-corrected chi connectivity index (χ0v) is 14.0. The van der Waals surface area contributed by atoms with E-state index in [9.17, 15) is 26.8 Å². The summed E-state index contributed by atoms with van der Waals surface area (Å²) in [5.74, 6) is -1.60. The highest BCUT2D eigenvalue weighted by Gasteiger charge is 2.54. The minimum absolute atomic E-state index is 0.00684.